The third-order valence-electron chi connectivity index (χ3n) is 4.89. The molecule has 2 aromatic rings. The summed E-state index contributed by atoms with van der Waals surface area (Å²) in [6, 6.07) is 9.73. The fourth-order valence-electron chi connectivity index (χ4n) is 3.33. The lowest BCUT2D eigenvalue weighted by Gasteiger charge is -2.16. The molecule has 0 atom stereocenters. The van der Waals surface area contributed by atoms with Crippen molar-refractivity contribution in [1.29, 1.82) is 0 Å². The zero-order chi connectivity index (χ0) is 24.0. The van der Waals surface area contributed by atoms with Crippen molar-refractivity contribution in [3.05, 3.63) is 80.8 Å². The Hall–Kier alpha value is -3.59. The maximum absolute atomic E-state index is 12.6. The summed E-state index contributed by atoms with van der Waals surface area (Å²) in [5.74, 6) is 0.692. The second kappa shape index (κ2) is 10.8. The molecule has 0 aliphatic carbocycles. The van der Waals surface area contributed by atoms with Crippen molar-refractivity contribution in [3.63, 3.8) is 0 Å². The van der Waals surface area contributed by atoms with Crippen LogP contribution in [0.5, 0.6) is 11.5 Å². The summed E-state index contributed by atoms with van der Waals surface area (Å²) in [6.45, 7) is 6.29. The predicted octanol–water partition coefficient (Wildman–Crippen LogP) is 5.36. The SMILES string of the molecule is C=CCc1cc(/C=C2/SC(=O)N(CCC)C2=O)cc(OC)c1OCc1ccc([N+](=O)[O-])cc1. The molecule has 0 radical (unpaired) electrons. The van der Waals surface area contributed by atoms with Gasteiger partial charge in [-0.15, -0.1) is 6.58 Å². The van der Waals surface area contributed by atoms with Gasteiger partial charge in [0.1, 0.15) is 6.61 Å². The van der Waals surface area contributed by atoms with Crippen LogP contribution < -0.4 is 9.47 Å². The number of nitro benzene ring substituents is 1. The standard InChI is InChI=1S/C24H24N2O6S/c1-4-6-18-12-17(14-21-23(27)25(11-5-2)24(28)33-21)13-20(31-3)22(18)32-15-16-7-9-19(10-8-16)26(29)30/h4,7-10,12-14H,1,5-6,11,15H2,2-3H3/b21-14+. The third-order valence-corrected chi connectivity index (χ3v) is 5.79. The number of methoxy groups -OCH3 is 1. The molecule has 172 valence electrons. The summed E-state index contributed by atoms with van der Waals surface area (Å²) in [7, 11) is 1.52. The van der Waals surface area contributed by atoms with Crippen LogP contribution in [-0.2, 0) is 17.8 Å². The van der Waals surface area contributed by atoms with Gasteiger partial charge < -0.3 is 9.47 Å². The fraction of sp³-hybridized carbons (Fsp3) is 0.250. The minimum atomic E-state index is -0.453. The number of nitro groups is 1. The van der Waals surface area contributed by atoms with Crippen LogP contribution in [0, 0.1) is 10.1 Å². The Morgan fingerprint density at radius 3 is 2.55 bits per heavy atom. The molecule has 9 heteroatoms. The molecule has 0 spiro atoms. The molecule has 1 fully saturated rings. The van der Waals surface area contributed by atoms with E-state index in [9.17, 15) is 19.7 Å². The van der Waals surface area contributed by atoms with E-state index in [1.165, 1.54) is 24.1 Å². The molecular weight excluding hydrogens is 444 g/mol. The van der Waals surface area contributed by atoms with Crippen LogP contribution in [0.1, 0.15) is 30.0 Å². The molecule has 1 aliphatic rings. The number of carbonyl (C=O) groups is 2. The maximum atomic E-state index is 12.6. The van der Waals surface area contributed by atoms with Crippen molar-refractivity contribution < 1.29 is 24.0 Å². The highest BCUT2D eigenvalue weighted by atomic mass is 32.2. The molecule has 33 heavy (non-hydrogen) atoms. The lowest BCUT2D eigenvalue weighted by Crippen LogP contribution is -2.28. The number of ether oxygens (including phenoxy) is 2. The summed E-state index contributed by atoms with van der Waals surface area (Å²) in [6.07, 6.45) is 4.59. The van der Waals surface area contributed by atoms with Gasteiger partial charge in [-0.2, -0.15) is 0 Å². The Kier molecular flexibility index (Phi) is 7.89. The van der Waals surface area contributed by atoms with Gasteiger partial charge in [0.05, 0.1) is 16.9 Å². The number of carbonyl (C=O) groups excluding carboxylic acids is 2. The zero-order valence-corrected chi connectivity index (χ0v) is 19.2. The van der Waals surface area contributed by atoms with Crippen LogP contribution >= 0.6 is 11.8 Å². The highest BCUT2D eigenvalue weighted by Gasteiger charge is 2.34. The first kappa shape index (κ1) is 24.1. The van der Waals surface area contributed by atoms with Gasteiger partial charge in [0, 0.05) is 24.2 Å². The molecule has 8 nitrogen and oxygen atoms in total. The molecule has 0 N–H and O–H groups in total. The fourth-order valence-corrected chi connectivity index (χ4v) is 4.19. The number of hydrogen-bond donors (Lipinski definition) is 0. The number of nitrogens with zero attached hydrogens (tertiary/aromatic N) is 2. The van der Waals surface area contributed by atoms with Gasteiger partial charge in [-0.25, -0.2) is 0 Å². The minimum Gasteiger partial charge on any atom is -0.493 e. The highest BCUT2D eigenvalue weighted by Crippen LogP contribution is 2.37. The van der Waals surface area contributed by atoms with E-state index < -0.39 is 4.92 Å². The van der Waals surface area contributed by atoms with Crippen LogP contribution in [0.4, 0.5) is 10.5 Å². The van der Waals surface area contributed by atoms with Crippen LogP contribution in [0.2, 0.25) is 0 Å². The van der Waals surface area contributed by atoms with Crippen LogP contribution in [-0.4, -0.2) is 34.6 Å². The van der Waals surface area contributed by atoms with E-state index in [0.29, 0.717) is 41.4 Å². The Bertz CT molecular complexity index is 1110. The van der Waals surface area contributed by atoms with Crippen molar-refractivity contribution in [2.24, 2.45) is 0 Å². The first-order chi connectivity index (χ1) is 15.9. The van der Waals surface area contributed by atoms with E-state index in [1.54, 1.807) is 30.4 Å². The molecule has 2 amide bonds. The summed E-state index contributed by atoms with van der Waals surface area (Å²) in [5, 5.41) is 10.6. The predicted molar refractivity (Wildman–Crippen MR) is 127 cm³/mol. The van der Waals surface area contributed by atoms with Crippen molar-refractivity contribution in [1.82, 2.24) is 4.90 Å². The number of thioether (sulfide) groups is 1. The largest absolute Gasteiger partial charge is 0.493 e. The number of imide groups is 1. The Balaban J connectivity index is 1.88. The Morgan fingerprint density at radius 2 is 1.94 bits per heavy atom. The number of benzene rings is 2. The van der Waals surface area contributed by atoms with E-state index in [-0.39, 0.29) is 23.4 Å². The van der Waals surface area contributed by atoms with Gasteiger partial charge in [0.15, 0.2) is 11.5 Å². The van der Waals surface area contributed by atoms with Crippen LogP contribution in [0.3, 0.4) is 0 Å². The van der Waals surface area contributed by atoms with E-state index >= 15 is 0 Å². The van der Waals surface area contributed by atoms with E-state index in [4.69, 9.17) is 9.47 Å². The lowest BCUT2D eigenvalue weighted by atomic mass is 10.0. The topological polar surface area (TPSA) is 99.0 Å². The van der Waals surface area contributed by atoms with Crippen LogP contribution in [0.25, 0.3) is 6.08 Å². The number of hydrogen-bond acceptors (Lipinski definition) is 7. The summed E-state index contributed by atoms with van der Waals surface area (Å²) < 4.78 is 11.5. The first-order valence-electron chi connectivity index (χ1n) is 10.3. The Morgan fingerprint density at radius 1 is 1.21 bits per heavy atom. The normalized spacial score (nSPS) is 14.6. The molecule has 2 aromatic carbocycles. The van der Waals surface area contributed by atoms with Gasteiger partial charge in [-0.05, 0) is 66.1 Å². The quantitative estimate of drug-likeness (QED) is 0.200. The summed E-state index contributed by atoms with van der Waals surface area (Å²) in [4.78, 5) is 36.7. The molecule has 3 rings (SSSR count). The van der Waals surface area contributed by atoms with Gasteiger partial charge in [0.2, 0.25) is 0 Å². The van der Waals surface area contributed by atoms with Gasteiger partial charge in [0.25, 0.3) is 16.8 Å². The van der Waals surface area contributed by atoms with E-state index in [0.717, 1.165) is 22.9 Å². The number of rotatable bonds is 10. The number of amides is 2. The van der Waals surface area contributed by atoms with Crippen molar-refractivity contribution >= 4 is 34.7 Å². The number of allylic oxidation sites excluding steroid dienone is 1. The molecule has 0 unspecified atom stereocenters. The first-order valence-corrected chi connectivity index (χ1v) is 11.1. The summed E-state index contributed by atoms with van der Waals surface area (Å²) >= 11 is 0.922. The van der Waals surface area contributed by atoms with Gasteiger partial charge in [-0.3, -0.25) is 24.6 Å². The average molecular weight is 469 g/mol. The van der Waals surface area contributed by atoms with Crippen molar-refractivity contribution in [2.75, 3.05) is 13.7 Å². The van der Waals surface area contributed by atoms with Gasteiger partial charge in [-0.1, -0.05) is 13.0 Å². The third kappa shape index (κ3) is 5.61. The smallest absolute Gasteiger partial charge is 0.293 e. The minimum absolute atomic E-state index is 0.0105. The molecule has 1 aliphatic heterocycles. The van der Waals surface area contributed by atoms with Crippen molar-refractivity contribution in [2.45, 2.75) is 26.4 Å². The van der Waals surface area contributed by atoms with E-state index in [1.807, 2.05) is 13.0 Å². The molecule has 0 saturated carbocycles. The van der Waals surface area contributed by atoms with E-state index in [2.05, 4.69) is 6.58 Å². The van der Waals surface area contributed by atoms with Gasteiger partial charge >= 0.3 is 0 Å². The zero-order valence-electron chi connectivity index (χ0n) is 18.4. The second-order valence-electron chi connectivity index (χ2n) is 7.25. The average Bonchev–Trinajstić information content (AvgIpc) is 3.06. The maximum Gasteiger partial charge on any atom is 0.293 e. The summed E-state index contributed by atoms with van der Waals surface area (Å²) in [5.41, 5.74) is 2.27. The van der Waals surface area contributed by atoms with Crippen LogP contribution in [0.15, 0.2) is 54.0 Å². The number of non-ortho nitro benzene ring substituents is 1. The highest BCUT2D eigenvalue weighted by molar-refractivity contribution is 8.18. The monoisotopic (exact) mass is 468 g/mol. The molecule has 1 saturated heterocycles. The molecule has 0 bridgehead atoms. The van der Waals surface area contributed by atoms with Crippen molar-refractivity contribution in [3.8, 4) is 11.5 Å². The molecule has 0 aromatic heterocycles. The Labute approximate surface area is 196 Å². The second-order valence-corrected chi connectivity index (χ2v) is 8.24. The lowest BCUT2D eigenvalue weighted by molar-refractivity contribution is -0.384. The molecule has 1 heterocycles. The molecular formula is C24H24N2O6S.